The third-order valence-corrected chi connectivity index (χ3v) is 4.38. The van der Waals surface area contributed by atoms with Crippen molar-refractivity contribution in [3.63, 3.8) is 0 Å². The molecule has 1 aromatic rings. The number of hydrogen-bond donors (Lipinski definition) is 0. The quantitative estimate of drug-likeness (QED) is 0.737. The molecule has 7 heteroatoms. The summed E-state index contributed by atoms with van der Waals surface area (Å²) in [6.45, 7) is 6.35. The average Bonchev–Trinajstić information content (AvgIpc) is 2.70. The van der Waals surface area contributed by atoms with E-state index in [9.17, 15) is 9.59 Å². The van der Waals surface area contributed by atoms with Crippen molar-refractivity contribution >= 4 is 35.6 Å². The normalized spacial score (nSPS) is 22.0. The first kappa shape index (κ1) is 19.0. The Balaban J connectivity index is 2.26. The molecule has 1 amide bonds. The van der Waals surface area contributed by atoms with E-state index in [0.717, 1.165) is 11.8 Å². The number of carbonyl (C=O) groups excluding carboxylic acids is 2. The molecular weight excluding hydrogens is 353 g/mol. The molecule has 132 valence electrons. The van der Waals surface area contributed by atoms with E-state index >= 15 is 0 Å². The summed E-state index contributed by atoms with van der Waals surface area (Å²) in [5, 5.41) is 0.827. The van der Waals surface area contributed by atoms with E-state index in [-0.39, 0.29) is 12.5 Å². The van der Waals surface area contributed by atoms with Gasteiger partial charge in [0.1, 0.15) is 18.0 Å². The lowest BCUT2D eigenvalue weighted by atomic mass is 9.93. The molecule has 0 spiro atoms. The van der Waals surface area contributed by atoms with Crippen molar-refractivity contribution in [1.82, 2.24) is 4.90 Å². The van der Waals surface area contributed by atoms with Crippen LogP contribution in [0.15, 0.2) is 18.2 Å². The van der Waals surface area contributed by atoms with E-state index in [4.69, 9.17) is 32.7 Å². The third kappa shape index (κ3) is 4.85. The lowest BCUT2D eigenvalue weighted by molar-refractivity contribution is -0.118. The highest BCUT2D eigenvalue weighted by Crippen LogP contribution is 2.30. The molecule has 1 heterocycles. The second kappa shape index (κ2) is 7.72. The van der Waals surface area contributed by atoms with Crippen LogP contribution in [0.4, 0.5) is 4.79 Å². The van der Waals surface area contributed by atoms with Crippen molar-refractivity contribution in [3.8, 4) is 0 Å². The van der Waals surface area contributed by atoms with Crippen LogP contribution in [0.1, 0.15) is 32.3 Å². The molecule has 2 atom stereocenters. The van der Waals surface area contributed by atoms with Crippen molar-refractivity contribution in [2.24, 2.45) is 0 Å². The maximum Gasteiger partial charge on any atom is 0.410 e. The van der Waals surface area contributed by atoms with E-state index in [1.807, 2.05) is 20.8 Å². The Hall–Kier alpha value is -1.30. The van der Waals surface area contributed by atoms with E-state index in [1.54, 1.807) is 23.1 Å². The molecule has 1 fully saturated rings. The monoisotopic (exact) mass is 373 g/mol. The highest BCUT2D eigenvalue weighted by Gasteiger charge is 2.33. The Morgan fingerprint density at radius 1 is 1.33 bits per heavy atom. The fourth-order valence-corrected chi connectivity index (χ4v) is 2.82. The molecule has 2 rings (SSSR count). The number of rotatable bonds is 2. The molecule has 1 aliphatic rings. The molecule has 0 aliphatic carbocycles. The minimum atomic E-state index is -0.658. The van der Waals surface area contributed by atoms with Gasteiger partial charge in [0.05, 0.1) is 16.7 Å². The second-order valence-corrected chi connectivity index (χ2v) is 7.49. The van der Waals surface area contributed by atoms with E-state index < -0.39 is 17.8 Å². The van der Waals surface area contributed by atoms with Gasteiger partial charge < -0.3 is 19.2 Å². The maximum absolute atomic E-state index is 12.4. The number of aldehydes is 1. The van der Waals surface area contributed by atoms with Crippen molar-refractivity contribution < 1.29 is 19.1 Å². The summed E-state index contributed by atoms with van der Waals surface area (Å²) in [5.41, 5.74) is 0.199. The predicted octanol–water partition coefficient (Wildman–Crippen LogP) is 3.91. The van der Waals surface area contributed by atoms with Gasteiger partial charge in [0.2, 0.25) is 0 Å². The summed E-state index contributed by atoms with van der Waals surface area (Å²) in [7, 11) is 0. The zero-order valence-electron chi connectivity index (χ0n) is 13.9. The number of nitrogens with zero attached hydrogens (tertiary/aromatic N) is 1. The standard InChI is InChI=1S/C17H21Cl2NO4/c1-17(2,3)24-16(22)20-6-7-23-15(10-21)12(9-20)11-4-5-13(18)14(19)8-11/h4-5,8,10,12,15H,6-7,9H2,1-3H3/t12-,15+/m1/s1. The third-order valence-electron chi connectivity index (χ3n) is 3.64. The van der Waals surface area contributed by atoms with Crippen LogP contribution < -0.4 is 0 Å². The van der Waals surface area contributed by atoms with Crippen LogP contribution in [0, 0.1) is 0 Å². The Morgan fingerprint density at radius 2 is 2.04 bits per heavy atom. The number of halogens is 2. The van der Waals surface area contributed by atoms with Crippen molar-refractivity contribution in [1.29, 1.82) is 0 Å². The van der Waals surface area contributed by atoms with Gasteiger partial charge in [-0.2, -0.15) is 0 Å². The minimum absolute atomic E-state index is 0.264. The largest absolute Gasteiger partial charge is 0.444 e. The van der Waals surface area contributed by atoms with Crippen LogP contribution in [0.3, 0.4) is 0 Å². The summed E-state index contributed by atoms with van der Waals surface area (Å²) in [4.78, 5) is 25.4. The molecule has 0 saturated carbocycles. The number of carbonyl (C=O) groups is 2. The van der Waals surface area contributed by atoms with Crippen LogP contribution in [0.5, 0.6) is 0 Å². The highest BCUT2D eigenvalue weighted by molar-refractivity contribution is 6.42. The van der Waals surface area contributed by atoms with Crippen LogP contribution in [0.2, 0.25) is 10.0 Å². The van der Waals surface area contributed by atoms with Crippen molar-refractivity contribution in [3.05, 3.63) is 33.8 Å². The molecule has 0 radical (unpaired) electrons. The van der Waals surface area contributed by atoms with Crippen molar-refractivity contribution in [2.45, 2.75) is 38.4 Å². The number of amides is 1. The van der Waals surface area contributed by atoms with Crippen LogP contribution in [-0.4, -0.2) is 48.7 Å². The number of ether oxygens (including phenoxy) is 2. The van der Waals surface area contributed by atoms with Gasteiger partial charge in [-0.3, -0.25) is 0 Å². The maximum atomic E-state index is 12.4. The first-order chi connectivity index (χ1) is 11.2. The SMILES string of the molecule is CC(C)(C)OC(=O)N1CCO[C@@H](C=O)[C@@H](c2ccc(Cl)c(Cl)c2)C1. The highest BCUT2D eigenvalue weighted by atomic mass is 35.5. The number of hydrogen-bond acceptors (Lipinski definition) is 4. The van der Waals surface area contributed by atoms with Crippen LogP contribution in [-0.2, 0) is 14.3 Å². The van der Waals surface area contributed by atoms with Crippen molar-refractivity contribution in [2.75, 3.05) is 19.7 Å². The van der Waals surface area contributed by atoms with Gasteiger partial charge in [0.15, 0.2) is 0 Å². The molecule has 0 unspecified atom stereocenters. The molecule has 0 bridgehead atoms. The Labute approximate surface area is 151 Å². The summed E-state index contributed by atoms with van der Waals surface area (Å²) in [5.74, 6) is -0.340. The molecule has 1 aliphatic heterocycles. The molecular formula is C17H21Cl2NO4. The average molecular weight is 374 g/mol. The number of benzene rings is 1. The Kier molecular flexibility index (Phi) is 6.12. The lowest BCUT2D eigenvalue weighted by Crippen LogP contribution is -2.40. The van der Waals surface area contributed by atoms with Gasteiger partial charge in [-0.15, -0.1) is 0 Å². The van der Waals surface area contributed by atoms with E-state index in [2.05, 4.69) is 0 Å². The molecule has 1 saturated heterocycles. The van der Waals surface area contributed by atoms with Gasteiger partial charge in [-0.25, -0.2) is 4.79 Å². The molecule has 1 aromatic carbocycles. The van der Waals surface area contributed by atoms with Gasteiger partial charge in [-0.05, 0) is 38.5 Å². The first-order valence-electron chi connectivity index (χ1n) is 7.71. The first-order valence-corrected chi connectivity index (χ1v) is 8.46. The Morgan fingerprint density at radius 3 is 2.62 bits per heavy atom. The molecule has 0 N–H and O–H groups in total. The lowest BCUT2D eigenvalue weighted by Gasteiger charge is -2.28. The summed E-state index contributed by atoms with van der Waals surface area (Å²) >= 11 is 12.0. The Bertz CT molecular complexity index is 615. The fraction of sp³-hybridized carbons (Fsp3) is 0.529. The van der Waals surface area contributed by atoms with Gasteiger partial charge in [-0.1, -0.05) is 29.3 Å². The van der Waals surface area contributed by atoms with E-state index in [1.165, 1.54) is 0 Å². The smallest absolute Gasteiger partial charge is 0.410 e. The molecule has 0 aromatic heterocycles. The summed E-state index contributed by atoms with van der Waals surface area (Å²) in [6, 6.07) is 5.16. The van der Waals surface area contributed by atoms with Gasteiger partial charge in [0, 0.05) is 19.0 Å². The second-order valence-electron chi connectivity index (χ2n) is 6.68. The zero-order valence-corrected chi connectivity index (χ0v) is 15.4. The minimum Gasteiger partial charge on any atom is -0.444 e. The summed E-state index contributed by atoms with van der Waals surface area (Å²) in [6.07, 6.45) is -0.330. The van der Waals surface area contributed by atoms with Crippen LogP contribution in [0.25, 0.3) is 0 Å². The summed E-state index contributed by atoms with van der Waals surface area (Å²) < 4.78 is 11.0. The van der Waals surface area contributed by atoms with Gasteiger partial charge in [0.25, 0.3) is 0 Å². The topological polar surface area (TPSA) is 55.8 Å². The zero-order chi connectivity index (χ0) is 17.9. The molecule has 24 heavy (non-hydrogen) atoms. The van der Waals surface area contributed by atoms with Crippen LogP contribution >= 0.6 is 23.2 Å². The predicted molar refractivity (Wildman–Crippen MR) is 92.8 cm³/mol. The fourth-order valence-electron chi connectivity index (χ4n) is 2.51. The van der Waals surface area contributed by atoms with E-state index in [0.29, 0.717) is 23.1 Å². The van der Waals surface area contributed by atoms with Gasteiger partial charge >= 0.3 is 6.09 Å². The molecule has 5 nitrogen and oxygen atoms in total.